The number of fused-ring (bicyclic) bond motifs is 1. The zero-order chi connectivity index (χ0) is 28.3. The summed E-state index contributed by atoms with van der Waals surface area (Å²) in [4.78, 5) is 29.9. The van der Waals surface area contributed by atoms with E-state index in [1.165, 1.54) is 0 Å². The van der Waals surface area contributed by atoms with Crippen molar-refractivity contribution in [2.45, 2.75) is 70.9 Å². The molecule has 1 aliphatic carbocycles. The quantitative estimate of drug-likeness (QED) is 0.355. The highest BCUT2D eigenvalue weighted by atomic mass is 16.6. The van der Waals surface area contributed by atoms with Crippen LogP contribution in [-0.2, 0) is 32.1 Å². The summed E-state index contributed by atoms with van der Waals surface area (Å²) in [6, 6.07) is 16.8. The molecule has 2 amide bonds. The van der Waals surface area contributed by atoms with E-state index in [1.807, 2.05) is 48.6 Å². The lowest BCUT2D eigenvalue weighted by Gasteiger charge is -2.36. The molecule has 5 rings (SSSR count). The molecule has 2 fully saturated rings. The van der Waals surface area contributed by atoms with E-state index >= 15 is 0 Å². The third-order valence-corrected chi connectivity index (χ3v) is 7.20. The fourth-order valence-corrected chi connectivity index (χ4v) is 5.10. The maximum absolute atomic E-state index is 13.7. The number of aromatic nitrogens is 2. The Morgan fingerprint density at radius 3 is 2.60 bits per heavy atom. The molecule has 0 spiro atoms. The number of nitrogens with zero attached hydrogens (tertiary/aromatic N) is 4. The number of morpholine rings is 1. The molecule has 2 aliphatic rings. The second-order valence-corrected chi connectivity index (χ2v) is 11.6. The predicted octanol–water partition coefficient (Wildman–Crippen LogP) is 4.87. The molecule has 1 saturated carbocycles. The van der Waals surface area contributed by atoms with Crippen molar-refractivity contribution in [1.82, 2.24) is 19.6 Å². The maximum atomic E-state index is 13.7. The van der Waals surface area contributed by atoms with Crippen molar-refractivity contribution in [1.29, 1.82) is 0 Å². The van der Waals surface area contributed by atoms with E-state index in [2.05, 4.69) is 30.3 Å². The summed E-state index contributed by atoms with van der Waals surface area (Å²) in [6.45, 7) is 8.32. The van der Waals surface area contributed by atoms with Gasteiger partial charge in [0.2, 0.25) is 0 Å². The van der Waals surface area contributed by atoms with Gasteiger partial charge >= 0.3 is 6.09 Å². The molecule has 0 radical (unpaired) electrons. The van der Waals surface area contributed by atoms with Gasteiger partial charge in [-0.3, -0.25) is 9.48 Å². The van der Waals surface area contributed by atoms with Crippen LogP contribution in [0.4, 0.5) is 4.79 Å². The molecule has 1 aliphatic heterocycles. The first-order valence-electron chi connectivity index (χ1n) is 14.2. The Kier molecular flexibility index (Phi) is 8.42. The minimum absolute atomic E-state index is 0.0746. The van der Waals surface area contributed by atoms with Crippen LogP contribution in [-0.4, -0.2) is 82.7 Å². The monoisotopic (exact) mass is 548 g/mol. The third kappa shape index (κ3) is 6.64. The van der Waals surface area contributed by atoms with Crippen LogP contribution < -0.4 is 0 Å². The summed E-state index contributed by atoms with van der Waals surface area (Å²) in [5.41, 5.74) is 3.52. The molecule has 9 nitrogen and oxygen atoms in total. The Labute approximate surface area is 236 Å². The molecule has 0 N–H and O–H groups in total. The van der Waals surface area contributed by atoms with Gasteiger partial charge in [0.1, 0.15) is 11.3 Å². The molecule has 2 heterocycles. The van der Waals surface area contributed by atoms with Gasteiger partial charge in [0.05, 0.1) is 18.7 Å². The molecule has 214 valence electrons. The minimum Gasteiger partial charge on any atom is -0.444 e. The third-order valence-electron chi connectivity index (χ3n) is 7.20. The molecular formula is C31H40N4O5. The predicted molar refractivity (Wildman–Crippen MR) is 153 cm³/mol. The second kappa shape index (κ2) is 12.0. The molecule has 0 bridgehead atoms. The van der Waals surface area contributed by atoms with Crippen LogP contribution in [0.25, 0.3) is 22.2 Å². The van der Waals surface area contributed by atoms with Crippen LogP contribution >= 0.6 is 0 Å². The molecule has 1 saturated heterocycles. The Morgan fingerprint density at radius 2 is 1.90 bits per heavy atom. The van der Waals surface area contributed by atoms with Crippen LogP contribution in [0, 0.1) is 0 Å². The highest BCUT2D eigenvalue weighted by Crippen LogP contribution is 2.32. The summed E-state index contributed by atoms with van der Waals surface area (Å²) in [7, 11) is 1.71. The molecule has 0 unspecified atom stereocenters. The van der Waals surface area contributed by atoms with Crippen LogP contribution in [0.1, 0.15) is 45.6 Å². The van der Waals surface area contributed by atoms with Crippen LogP contribution in [0.15, 0.2) is 48.5 Å². The number of hydrogen-bond acceptors (Lipinski definition) is 6. The Bertz CT molecular complexity index is 1330. The number of hydrogen-bond donors (Lipinski definition) is 0. The van der Waals surface area contributed by atoms with Crippen molar-refractivity contribution < 1.29 is 23.8 Å². The SMILES string of the molecule is COCCCn1nc(-c2ccccc2)c2ccc(CN(C(=O)[C@H]3CN(C(=O)OC(C)(C)C)CCO3)C3CC3)cc21. The van der Waals surface area contributed by atoms with Crippen molar-refractivity contribution in [3.63, 3.8) is 0 Å². The van der Waals surface area contributed by atoms with Gasteiger partial charge in [-0.1, -0.05) is 42.5 Å². The van der Waals surface area contributed by atoms with E-state index in [-0.39, 0.29) is 18.5 Å². The van der Waals surface area contributed by atoms with E-state index in [0.29, 0.717) is 26.3 Å². The Morgan fingerprint density at radius 1 is 1.12 bits per heavy atom. The van der Waals surface area contributed by atoms with Crippen LogP contribution in [0.5, 0.6) is 0 Å². The zero-order valence-electron chi connectivity index (χ0n) is 24.0. The Hall–Kier alpha value is -3.43. The van der Waals surface area contributed by atoms with Gasteiger partial charge in [-0.25, -0.2) is 4.79 Å². The van der Waals surface area contributed by atoms with Crippen molar-refractivity contribution in [3.8, 4) is 11.3 Å². The molecular weight excluding hydrogens is 508 g/mol. The molecule has 40 heavy (non-hydrogen) atoms. The average Bonchev–Trinajstić information content (AvgIpc) is 3.72. The van der Waals surface area contributed by atoms with Gasteiger partial charge in [-0.05, 0) is 51.7 Å². The molecule has 1 atom stereocenters. The number of rotatable bonds is 9. The van der Waals surface area contributed by atoms with E-state index in [0.717, 1.165) is 53.5 Å². The zero-order valence-corrected chi connectivity index (χ0v) is 24.0. The first kappa shape index (κ1) is 28.1. The van der Waals surface area contributed by atoms with E-state index in [1.54, 1.807) is 12.0 Å². The topological polar surface area (TPSA) is 86.1 Å². The van der Waals surface area contributed by atoms with Crippen LogP contribution in [0.3, 0.4) is 0 Å². The van der Waals surface area contributed by atoms with Gasteiger partial charge < -0.3 is 24.0 Å². The summed E-state index contributed by atoms with van der Waals surface area (Å²) < 4.78 is 18.7. The first-order valence-corrected chi connectivity index (χ1v) is 14.2. The van der Waals surface area contributed by atoms with Gasteiger partial charge in [0.25, 0.3) is 5.91 Å². The number of carbonyl (C=O) groups is 2. The maximum Gasteiger partial charge on any atom is 0.410 e. The lowest BCUT2D eigenvalue weighted by molar-refractivity contribution is -0.150. The van der Waals surface area contributed by atoms with Gasteiger partial charge in [-0.2, -0.15) is 5.10 Å². The van der Waals surface area contributed by atoms with E-state index in [4.69, 9.17) is 19.3 Å². The van der Waals surface area contributed by atoms with Crippen molar-refractivity contribution >= 4 is 22.9 Å². The number of ether oxygens (including phenoxy) is 3. The molecule has 2 aromatic carbocycles. The highest BCUT2D eigenvalue weighted by molar-refractivity contribution is 5.93. The summed E-state index contributed by atoms with van der Waals surface area (Å²) in [6.07, 6.45) is 1.70. The average molecular weight is 549 g/mol. The van der Waals surface area contributed by atoms with Gasteiger partial charge in [0.15, 0.2) is 6.10 Å². The fraction of sp³-hybridized carbons (Fsp3) is 0.516. The first-order chi connectivity index (χ1) is 19.2. The van der Waals surface area contributed by atoms with Gasteiger partial charge in [0, 0.05) is 50.3 Å². The van der Waals surface area contributed by atoms with Crippen LogP contribution in [0.2, 0.25) is 0 Å². The number of methoxy groups -OCH3 is 1. The second-order valence-electron chi connectivity index (χ2n) is 11.6. The summed E-state index contributed by atoms with van der Waals surface area (Å²) >= 11 is 0. The number of carbonyl (C=O) groups excluding carboxylic acids is 2. The van der Waals surface area contributed by atoms with Crippen molar-refractivity contribution in [2.75, 3.05) is 33.4 Å². The molecule has 1 aromatic heterocycles. The number of benzene rings is 2. The highest BCUT2D eigenvalue weighted by Gasteiger charge is 2.39. The largest absolute Gasteiger partial charge is 0.444 e. The molecule has 3 aromatic rings. The van der Waals surface area contributed by atoms with Crippen molar-refractivity contribution in [2.24, 2.45) is 0 Å². The lowest BCUT2D eigenvalue weighted by Crippen LogP contribution is -2.53. The summed E-state index contributed by atoms with van der Waals surface area (Å²) in [5, 5.41) is 6.05. The smallest absolute Gasteiger partial charge is 0.410 e. The minimum atomic E-state index is -0.699. The van der Waals surface area contributed by atoms with E-state index < -0.39 is 17.8 Å². The lowest BCUT2D eigenvalue weighted by atomic mass is 10.1. The normalized spacial score (nSPS) is 17.7. The Balaban J connectivity index is 1.36. The summed E-state index contributed by atoms with van der Waals surface area (Å²) in [5.74, 6) is -0.0746. The number of aryl methyl sites for hydroxylation is 1. The molecule has 9 heteroatoms. The number of amides is 2. The standard InChI is InChI=1S/C31H40N4O5/c1-31(2,3)40-30(37)33-16-18-39-27(21-33)29(36)34(24-12-13-24)20-22-11-14-25-26(19-22)35(15-8-17-38-4)32-28(25)23-9-6-5-7-10-23/h5-7,9-11,14,19,24,27H,8,12-13,15-18,20-21H2,1-4H3/t27-/m1/s1. The van der Waals surface area contributed by atoms with Crippen molar-refractivity contribution in [3.05, 3.63) is 54.1 Å². The van der Waals surface area contributed by atoms with Gasteiger partial charge in [-0.15, -0.1) is 0 Å². The fourth-order valence-electron chi connectivity index (χ4n) is 5.10. The van der Waals surface area contributed by atoms with E-state index in [9.17, 15) is 9.59 Å².